The molecular weight excluding hydrogens is 534 g/mol. The lowest BCUT2D eigenvalue weighted by atomic mass is 9.73. The Hall–Kier alpha value is -5.54. The van der Waals surface area contributed by atoms with Crippen LogP contribution in [0.1, 0.15) is 25.0 Å². The van der Waals surface area contributed by atoms with Crippen LogP contribution in [0.25, 0.3) is 44.1 Å². The number of fused-ring (bicyclic) bond motifs is 7. The van der Waals surface area contributed by atoms with E-state index in [1.165, 1.54) is 60.9 Å². The zero-order valence-electron chi connectivity index (χ0n) is 24.8. The van der Waals surface area contributed by atoms with Gasteiger partial charge in [0.25, 0.3) is 0 Å². The molecule has 2 aromatic heterocycles. The Balaban J connectivity index is 1.34. The molecule has 44 heavy (non-hydrogen) atoms. The third-order valence-corrected chi connectivity index (χ3v) is 9.52. The van der Waals surface area contributed by atoms with Crippen molar-refractivity contribution in [3.63, 3.8) is 0 Å². The summed E-state index contributed by atoms with van der Waals surface area (Å²) in [5.41, 5.74) is 12.2. The van der Waals surface area contributed by atoms with E-state index < -0.39 is 0 Å². The third-order valence-electron chi connectivity index (χ3n) is 9.52. The SMILES string of the molecule is CC1(C)c2ccccc2N(c2ccc3c(c2)c2ccc4c(ccn4-c4ccccc4)c2n3-c2ccccc2)c2ccccc21. The molecule has 6 aromatic carbocycles. The van der Waals surface area contributed by atoms with Crippen LogP contribution in [0.4, 0.5) is 17.1 Å². The number of nitrogens with zero attached hydrogens (tertiary/aromatic N) is 3. The van der Waals surface area contributed by atoms with E-state index in [-0.39, 0.29) is 5.41 Å². The van der Waals surface area contributed by atoms with Crippen LogP contribution in [0.15, 0.2) is 152 Å². The van der Waals surface area contributed by atoms with Crippen LogP contribution in [-0.2, 0) is 5.41 Å². The maximum Gasteiger partial charge on any atom is 0.0635 e. The van der Waals surface area contributed by atoms with E-state index in [0.29, 0.717) is 0 Å². The van der Waals surface area contributed by atoms with Crippen molar-refractivity contribution in [2.45, 2.75) is 19.3 Å². The van der Waals surface area contributed by atoms with Crippen molar-refractivity contribution in [3.8, 4) is 11.4 Å². The summed E-state index contributed by atoms with van der Waals surface area (Å²) in [5, 5.41) is 3.74. The van der Waals surface area contributed by atoms with E-state index in [1.807, 2.05) is 0 Å². The molecule has 9 rings (SSSR count). The Morgan fingerprint density at radius 3 is 1.73 bits per heavy atom. The lowest BCUT2D eigenvalue weighted by Crippen LogP contribution is -2.30. The van der Waals surface area contributed by atoms with Crippen molar-refractivity contribution < 1.29 is 0 Å². The molecule has 3 heterocycles. The van der Waals surface area contributed by atoms with Gasteiger partial charge in [0.05, 0.1) is 27.9 Å². The van der Waals surface area contributed by atoms with Gasteiger partial charge in [-0.15, -0.1) is 0 Å². The summed E-state index contributed by atoms with van der Waals surface area (Å²) in [5.74, 6) is 0. The maximum absolute atomic E-state index is 2.45. The molecule has 210 valence electrons. The number of aromatic nitrogens is 2. The van der Waals surface area contributed by atoms with Crippen LogP contribution >= 0.6 is 0 Å². The molecule has 0 N–H and O–H groups in total. The van der Waals surface area contributed by atoms with Gasteiger partial charge in [-0.1, -0.05) is 92.7 Å². The van der Waals surface area contributed by atoms with Crippen molar-refractivity contribution in [1.82, 2.24) is 9.13 Å². The zero-order valence-corrected chi connectivity index (χ0v) is 24.8. The second kappa shape index (κ2) is 9.23. The van der Waals surface area contributed by atoms with Crippen molar-refractivity contribution in [2.24, 2.45) is 0 Å². The number of anilines is 3. The fraction of sp³-hybridized carbons (Fsp3) is 0.0732. The lowest BCUT2D eigenvalue weighted by molar-refractivity contribution is 0.632. The molecule has 3 heteroatoms. The molecule has 0 amide bonds. The minimum Gasteiger partial charge on any atom is -0.316 e. The molecule has 8 aromatic rings. The summed E-state index contributed by atoms with van der Waals surface area (Å²) in [6.45, 7) is 4.68. The molecule has 0 radical (unpaired) electrons. The van der Waals surface area contributed by atoms with Gasteiger partial charge in [0.2, 0.25) is 0 Å². The predicted octanol–water partition coefficient (Wildman–Crippen LogP) is 10.8. The number of hydrogen-bond donors (Lipinski definition) is 0. The number of rotatable bonds is 3. The van der Waals surface area contributed by atoms with E-state index in [1.54, 1.807) is 0 Å². The first-order valence-electron chi connectivity index (χ1n) is 15.3. The molecule has 0 fully saturated rings. The summed E-state index contributed by atoms with van der Waals surface area (Å²) in [7, 11) is 0. The average molecular weight is 566 g/mol. The largest absolute Gasteiger partial charge is 0.316 e. The monoisotopic (exact) mass is 565 g/mol. The average Bonchev–Trinajstić information content (AvgIpc) is 3.65. The molecule has 0 bridgehead atoms. The van der Waals surface area contributed by atoms with Gasteiger partial charge in [-0.05, 0) is 77.9 Å². The summed E-state index contributed by atoms with van der Waals surface area (Å²) in [6.07, 6.45) is 2.20. The second-order valence-corrected chi connectivity index (χ2v) is 12.3. The highest BCUT2D eigenvalue weighted by molar-refractivity contribution is 6.19. The Labute approximate surface area is 256 Å². The summed E-state index contributed by atoms with van der Waals surface area (Å²) >= 11 is 0. The standard InChI is InChI=1S/C41H31N3/c1-41(2)34-17-9-11-19-38(34)43(39-20-12-10-18-35(39)41)30-21-23-37-33(27-30)31-22-24-36-32(25-26-42(36)28-13-5-3-6-14-28)40(31)44(37)29-15-7-4-8-16-29/h3-27H,1-2H3. The summed E-state index contributed by atoms with van der Waals surface area (Å²) in [6, 6.07) is 52.9. The predicted molar refractivity (Wildman–Crippen MR) is 184 cm³/mol. The van der Waals surface area contributed by atoms with Gasteiger partial charge in [-0.2, -0.15) is 0 Å². The Morgan fingerprint density at radius 1 is 0.455 bits per heavy atom. The van der Waals surface area contributed by atoms with Gasteiger partial charge >= 0.3 is 0 Å². The normalized spacial score (nSPS) is 13.8. The fourth-order valence-corrected chi connectivity index (χ4v) is 7.46. The van der Waals surface area contributed by atoms with Crippen LogP contribution in [0.5, 0.6) is 0 Å². The summed E-state index contributed by atoms with van der Waals surface area (Å²) < 4.78 is 4.73. The topological polar surface area (TPSA) is 13.1 Å². The van der Waals surface area contributed by atoms with Gasteiger partial charge in [0.1, 0.15) is 0 Å². The Bertz CT molecular complexity index is 2310. The number of benzene rings is 6. The Kier molecular flexibility index (Phi) is 5.24. The van der Waals surface area contributed by atoms with Crippen molar-refractivity contribution >= 4 is 49.8 Å². The first-order valence-corrected chi connectivity index (χ1v) is 15.3. The van der Waals surface area contributed by atoms with Gasteiger partial charge in [0, 0.05) is 44.8 Å². The number of hydrogen-bond acceptors (Lipinski definition) is 1. The first-order chi connectivity index (χ1) is 21.6. The van der Waals surface area contributed by atoms with Gasteiger partial charge in [-0.25, -0.2) is 0 Å². The van der Waals surface area contributed by atoms with Crippen LogP contribution in [0, 0.1) is 0 Å². The van der Waals surface area contributed by atoms with Crippen LogP contribution in [-0.4, -0.2) is 9.13 Å². The minimum atomic E-state index is -0.0887. The molecule has 0 spiro atoms. The lowest BCUT2D eigenvalue weighted by Gasteiger charge is -2.42. The second-order valence-electron chi connectivity index (χ2n) is 12.3. The van der Waals surface area contributed by atoms with E-state index in [4.69, 9.17) is 0 Å². The van der Waals surface area contributed by atoms with Crippen LogP contribution in [0.2, 0.25) is 0 Å². The smallest absolute Gasteiger partial charge is 0.0635 e. The van der Waals surface area contributed by atoms with Gasteiger partial charge in [-0.3, -0.25) is 0 Å². The maximum atomic E-state index is 2.45. The molecule has 0 unspecified atom stereocenters. The molecule has 1 aliphatic heterocycles. The van der Waals surface area contributed by atoms with Gasteiger partial charge < -0.3 is 14.0 Å². The highest BCUT2D eigenvalue weighted by Crippen LogP contribution is 2.52. The highest BCUT2D eigenvalue weighted by atomic mass is 15.2. The van der Waals surface area contributed by atoms with Crippen molar-refractivity contribution in [2.75, 3.05) is 4.90 Å². The van der Waals surface area contributed by atoms with Crippen molar-refractivity contribution in [1.29, 1.82) is 0 Å². The van der Waals surface area contributed by atoms with Crippen LogP contribution < -0.4 is 4.90 Å². The quantitative estimate of drug-likeness (QED) is 0.208. The fourth-order valence-electron chi connectivity index (χ4n) is 7.46. The van der Waals surface area contributed by atoms with E-state index in [9.17, 15) is 0 Å². The Morgan fingerprint density at radius 2 is 1.05 bits per heavy atom. The molecule has 0 aliphatic carbocycles. The number of para-hydroxylation sites is 4. The van der Waals surface area contributed by atoms with Crippen LogP contribution in [0.3, 0.4) is 0 Å². The van der Waals surface area contributed by atoms with Crippen molar-refractivity contribution in [3.05, 3.63) is 163 Å². The third kappa shape index (κ3) is 3.44. The molecule has 0 saturated heterocycles. The summed E-state index contributed by atoms with van der Waals surface area (Å²) in [4.78, 5) is 2.45. The van der Waals surface area contributed by atoms with Gasteiger partial charge in [0.15, 0.2) is 0 Å². The van der Waals surface area contributed by atoms with E-state index >= 15 is 0 Å². The molecule has 3 nitrogen and oxygen atoms in total. The molecular formula is C41H31N3. The highest BCUT2D eigenvalue weighted by Gasteiger charge is 2.36. The van der Waals surface area contributed by atoms with E-state index in [2.05, 4.69) is 180 Å². The first kappa shape index (κ1) is 25.0. The zero-order chi connectivity index (χ0) is 29.4. The molecule has 0 atom stereocenters. The molecule has 0 saturated carbocycles. The molecule has 1 aliphatic rings. The van der Waals surface area contributed by atoms with E-state index in [0.717, 1.165) is 11.4 Å². The minimum absolute atomic E-state index is 0.0887.